The summed E-state index contributed by atoms with van der Waals surface area (Å²) < 4.78 is 0. The molecular weight excluding hydrogens is 112 g/mol. The van der Waals surface area contributed by atoms with E-state index in [9.17, 15) is 0 Å². The summed E-state index contributed by atoms with van der Waals surface area (Å²) in [5.41, 5.74) is 0.971. The number of hydrogen-bond acceptors (Lipinski definition) is 2. The molecule has 0 atom stereocenters. The van der Waals surface area contributed by atoms with Gasteiger partial charge in [0.25, 0.3) is 0 Å². The molecule has 0 N–H and O–H groups in total. The lowest BCUT2D eigenvalue weighted by Crippen LogP contribution is -1.85. The fourth-order valence-corrected chi connectivity index (χ4v) is 0.349. The molecule has 0 rings (SSSR count). The minimum absolute atomic E-state index is 0.698. The van der Waals surface area contributed by atoms with Crippen molar-refractivity contribution in [3.05, 3.63) is 12.2 Å². The number of hydrogen-bond donors (Lipinski definition) is 0. The highest BCUT2D eigenvalue weighted by molar-refractivity contribution is 5.76. The van der Waals surface area contributed by atoms with Crippen LogP contribution < -0.4 is 0 Å². The molecule has 0 heterocycles. The predicted octanol–water partition coefficient (Wildman–Crippen LogP) is 1.33. The van der Waals surface area contributed by atoms with Gasteiger partial charge in [-0.3, -0.25) is 9.98 Å². The molecule has 0 aromatic rings. The molecule has 50 valence electrons. The van der Waals surface area contributed by atoms with Gasteiger partial charge in [0.1, 0.15) is 0 Å². The van der Waals surface area contributed by atoms with E-state index in [0.29, 0.717) is 6.54 Å². The molecule has 0 aliphatic carbocycles. The first kappa shape index (κ1) is 8.08. The van der Waals surface area contributed by atoms with Crippen LogP contribution in [-0.2, 0) is 0 Å². The molecule has 0 amide bonds. The van der Waals surface area contributed by atoms with Crippen LogP contribution in [0.15, 0.2) is 22.1 Å². The summed E-state index contributed by atoms with van der Waals surface area (Å²) in [6.45, 7) is 10.3. The highest BCUT2D eigenvalue weighted by atomic mass is 14.8. The summed E-state index contributed by atoms with van der Waals surface area (Å²) in [6.07, 6.45) is 1.74. The van der Waals surface area contributed by atoms with Crippen LogP contribution in [0.5, 0.6) is 0 Å². The van der Waals surface area contributed by atoms with E-state index < -0.39 is 0 Å². The highest BCUT2D eigenvalue weighted by Gasteiger charge is 1.75. The van der Waals surface area contributed by atoms with Crippen molar-refractivity contribution in [3.8, 4) is 0 Å². The first-order chi connectivity index (χ1) is 4.27. The molecule has 0 aromatic carbocycles. The molecule has 0 radical (unpaired) electrons. The molecule has 0 aliphatic rings. The second-order valence-corrected chi connectivity index (χ2v) is 1.83. The molecule has 0 aromatic heterocycles. The minimum Gasteiger partial charge on any atom is -0.299 e. The first-order valence-electron chi connectivity index (χ1n) is 2.85. The van der Waals surface area contributed by atoms with Crippen molar-refractivity contribution in [1.82, 2.24) is 0 Å². The minimum atomic E-state index is 0.698. The van der Waals surface area contributed by atoms with E-state index in [2.05, 4.69) is 23.3 Å². The maximum Gasteiger partial charge on any atom is 0.0585 e. The number of aliphatic imine (C=N–C) groups is 2. The molecule has 0 unspecified atom stereocenters. The summed E-state index contributed by atoms with van der Waals surface area (Å²) in [4.78, 5) is 7.64. The fourth-order valence-electron chi connectivity index (χ4n) is 0.349. The van der Waals surface area contributed by atoms with Crippen molar-refractivity contribution in [1.29, 1.82) is 0 Å². The van der Waals surface area contributed by atoms with Crippen molar-refractivity contribution >= 4 is 12.9 Å². The Labute approximate surface area is 56.0 Å². The molecule has 2 heteroatoms. The van der Waals surface area contributed by atoms with Gasteiger partial charge in [-0.05, 0) is 19.2 Å². The molecule has 2 nitrogen and oxygen atoms in total. The van der Waals surface area contributed by atoms with Crippen LogP contribution in [0.3, 0.4) is 0 Å². The Morgan fingerprint density at radius 1 is 1.56 bits per heavy atom. The second kappa shape index (κ2) is 5.22. The van der Waals surface area contributed by atoms with E-state index in [-0.39, 0.29) is 0 Å². The van der Waals surface area contributed by atoms with Gasteiger partial charge in [0, 0.05) is 6.21 Å². The van der Waals surface area contributed by atoms with Gasteiger partial charge in [0.05, 0.1) is 13.1 Å². The lowest BCUT2D eigenvalue weighted by atomic mass is 10.4. The molecule has 0 fully saturated rings. The monoisotopic (exact) mass is 124 g/mol. The van der Waals surface area contributed by atoms with Crippen LogP contribution in [0.25, 0.3) is 0 Å². The van der Waals surface area contributed by atoms with Crippen LogP contribution in [0, 0.1) is 0 Å². The van der Waals surface area contributed by atoms with Crippen LogP contribution in [0.4, 0.5) is 0 Å². The zero-order valence-corrected chi connectivity index (χ0v) is 5.80. The molecule has 9 heavy (non-hydrogen) atoms. The molecule has 0 bridgehead atoms. The Kier molecular flexibility index (Phi) is 4.69. The number of rotatable bonds is 4. The Morgan fingerprint density at radius 2 is 2.22 bits per heavy atom. The van der Waals surface area contributed by atoms with E-state index in [1.165, 1.54) is 0 Å². The van der Waals surface area contributed by atoms with E-state index in [1.54, 1.807) is 6.21 Å². The third kappa shape index (κ3) is 7.08. The number of allylic oxidation sites excluding steroid dienone is 1. The lowest BCUT2D eigenvalue weighted by Gasteiger charge is -1.85. The molecule has 0 spiro atoms. The topological polar surface area (TPSA) is 24.7 Å². The van der Waals surface area contributed by atoms with E-state index in [0.717, 1.165) is 12.1 Å². The number of nitrogens with zero attached hydrogens (tertiary/aromatic N) is 2. The van der Waals surface area contributed by atoms with Crippen molar-refractivity contribution in [2.75, 3.05) is 13.1 Å². The van der Waals surface area contributed by atoms with Gasteiger partial charge in [-0.1, -0.05) is 6.58 Å². The average Bonchev–Trinajstić information content (AvgIpc) is 1.80. The van der Waals surface area contributed by atoms with Crippen molar-refractivity contribution in [3.63, 3.8) is 0 Å². The molecular formula is C7H12N2. The van der Waals surface area contributed by atoms with E-state index in [1.807, 2.05) is 6.92 Å². The summed E-state index contributed by atoms with van der Waals surface area (Å²) in [5.74, 6) is 0. The molecule has 0 aliphatic heterocycles. The highest BCUT2D eigenvalue weighted by Crippen LogP contribution is 1.79. The summed E-state index contributed by atoms with van der Waals surface area (Å²) in [6, 6.07) is 0. The summed E-state index contributed by atoms with van der Waals surface area (Å²) in [5, 5.41) is 0. The van der Waals surface area contributed by atoms with E-state index in [4.69, 9.17) is 0 Å². The lowest BCUT2D eigenvalue weighted by molar-refractivity contribution is 0.988. The summed E-state index contributed by atoms with van der Waals surface area (Å²) >= 11 is 0. The van der Waals surface area contributed by atoms with Gasteiger partial charge in [-0.25, -0.2) is 0 Å². The standard InChI is InChI=1S/C7H12N2/c1-7(2)6-9-5-4-8-3/h6H,1,3-5H2,2H3. The Hall–Kier alpha value is -0.920. The van der Waals surface area contributed by atoms with E-state index >= 15 is 0 Å². The van der Waals surface area contributed by atoms with Crippen molar-refractivity contribution < 1.29 is 0 Å². The maximum atomic E-state index is 4.00. The third-order valence-corrected chi connectivity index (χ3v) is 0.699. The zero-order chi connectivity index (χ0) is 7.11. The third-order valence-electron chi connectivity index (χ3n) is 0.699. The van der Waals surface area contributed by atoms with Gasteiger partial charge < -0.3 is 0 Å². The smallest absolute Gasteiger partial charge is 0.0585 e. The van der Waals surface area contributed by atoms with Gasteiger partial charge >= 0.3 is 0 Å². The van der Waals surface area contributed by atoms with Crippen LogP contribution in [0.2, 0.25) is 0 Å². The zero-order valence-electron chi connectivity index (χ0n) is 5.80. The summed E-state index contributed by atoms with van der Waals surface area (Å²) in [7, 11) is 0. The average molecular weight is 124 g/mol. The largest absolute Gasteiger partial charge is 0.299 e. The Balaban J connectivity index is 3.24. The quantitative estimate of drug-likeness (QED) is 0.399. The SMILES string of the molecule is C=NCCN=CC(=C)C. The van der Waals surface area contributed by atoms with Crippen LogP contribution in [0.1, 0.15) is 6.92 Å². The predicted molar refractivity (Wildman–Crippen MR) is 42.6 cm³/mol. The Bertz CT molecular complexity index is 125. The fraction of sp³-hybridized carbons (Fsp3) is 0.429. The van der Waals surface area contributed by atoms with Crippen LogP contribution in [-0.4, -0.2) is 26.0 Å². The van der Waals surface area contributed by atoms with Gasteiger partial charge in [0.15, 0.2) is 0 Å². The van der Waals surface area contributed by atoms with Crippen molar-refractivity contribution in [2.24, 2.45) is 9.98 Å². The van der Waals surface area contributed by atoms with Crippen LogP contribution >= 0.6 is 0 Å². The molecule has 0 saturated heterocycles. The molecule has 0 saturated carbocycles. The Morgan fingerprint density at radius 3 is 2.67 bits per heavy atom. The van der Waals surface area contributed by atoms with Crippen molar-refractivity contribution in [2.45, 2.75) is 6.92 Å². The maximum absolute atomic E-state index is 4.00. The first-order valence-corrected chi connectivity index (χ1v) is 2.85. The van der Waals surface area contributed by atoms with Gasteiger partial charge in [0.2, 0.25) is 0 Å². The normalized spacial score (nSPS) is 9.89. The second-order valence-electron chi connectivity index (χ2n) is 1.83. The van der Waals surface area contributed by atoms with Gasteiger partial charge in [-0.15, -0.1) is 0 Å². The van der Waals surface area contributed by atoms with Gasteiger partial charge in [-0.2, -0.15) is 0 Å².